The number of likely N-dealkylation sites (tertiary alicyclic amines) is 1. The molecule has 4 heteroatoms. The van der Waals surface area contributed by atoms with E-state index in [9.17, 15) is 4.79 Å². The third-order valence-electron chi connectivity index (χ3n) is 2.81. The number of amides is 1. The summed E-state index contributed by atoms with van der Waals surface area (Å²) in [6.07, 6.45) is 2.19. The lowest BCUT2D eigenvalue weighted by molar-refractivity contribution is -0.135. The molecular formula is C12H24N2O2. The Bertz CT molecular complexity index is 221. The summed E-state index contributed by atoms with van der Waals surface area (Å²) in [4.78, 5) is 13.5. The minimum Gasteiger partial charge on any atom is -0.378 e. The van der Waals surface area contributed by atoms with Crippen LogP contribution in [0.1, 0.15) is 33.6 Å². The molecule has 1 aliphatic heterocycles. The predicted octanol–water partition coefficient (Wildman–Crippen LogP) is 0.997. The average Bonchev–Trinajstić information content (AvgIpc) is 2.26. The highest BCUT2D eigenvalue weighted by molar-refractivity contribution is 5.81. The normalized spacial score (nSPS) is 20.2. The van der Waals surface area contributed by atoms with Crippen molar-refractivity contribution in [1.82, 2.24) is 4.90 Å². The van der Waals surface area contributed by atoms with Crippen LogP contribution in [0.4, 0.5) is 0 Å². The van der Waals surface area contributed by atoms with Crippen LogP contribution in [0.15, 0.2) is 0 Å². The average molecular weight is 228 g/mol. The molecule has 0 spiro atoms. The molecule has 1 atom stereocenters. The second-order valence-electron chi connectivity index (χ2n) is 5.04. The van der Waals surface area contributed by atoms with Crippen LogP contribution < -0.4 is 5.73 Å². The fourth-order valence-corrected chi connectivity index (χ4v) is 1.86. The maximum absolute atomic E-state index is 11.6. The predicted molar refractivity (Wildman–Crippen MR) is 64.0 cm³/mol. The van der Waals surface area contributed by atoms with Crippen molar-refractivity contribution >= 4 is 5.91 Å². The number of carbonyl (C=O) groups is 1. The molecule has 0 radical (unpaired) electrons. The van der Waals surface area contributed by atoms with E-state index < -0.39 is 0 Å². The van der Waals surface area contributed by atoms with Gasteiger partial charge in [0.25, 0.3) is 0 Å². The zero-order chi connectivity index (χ0) is 12.1. The third-order valence-corrected chi connectivity index (χ3v) is 2.81. The monoisotopic (exact) mass is 228 g/mol. The molecule has 1 heterocycles. The zero-order valence-corrected chi connectivity index (χ0v) is 10.6. The first-order valence-electron chi connectivity index (χ1n) is 6.16. The van der Waals surface area contributed by atoms with E-state index >= 15 is 0 Å². The lowest BCUT2D eigenvalue weighted by Crippen LogP contribution is -2.47. The summed E-state index contributed by atoms with van der Waals surface area (Å²) in [5.41, 5.74) is 5.58. The van der Waals surface area contributed by atoms with Crippen LogP contribution in [0.5, 0.6) is 0 Å². The van der Waals surface area contributed by atoms with E-state index in [1.54, 1.807) is 6.92 Å². The van der Waals surface area contributed by atoms with E-state index in [0.717, 1.165) is 32.5 Å². The summed E-state index contributed by atoms with van der Waals surface area (Å²) in [6.45, 7) is 8.41. The molecule has 0 aliphatic carbocycles. The molecule has 0 aromatic rings. The highest BCUT2D eigenvalue weighted by atomic mass is 16.5. The molecule has 0 saturated carbocycles. The molecule has 1 rings (SSSR count). The molecule has 94 valence electrons. The molecule has 1 saturated heterocycles. The van der Waals surface area contributed by atoms with Crippen molar-refractivity contribution < 1.29 is 9.53 Å². The maximum atomic E-state index is 11.6. The molecule has 0 aromatic carbocycles. The van der Waals surface area contributed by atoms with Crippen molar-refractivity contribution in [1.29, 1.82) is 0 Å². The molecule has 1 amide bonds. The zero-order valence-electron chi connectivity index (χ0n) is 10.6. The number of nitrogens with two attached hydrogens (primary N) is 1. The van der Waals surface area contributed by atoms with Gasteiger partial charge in [-0.1, -0.05) is 13.8 Å². The molecule has 4 nitrogen and oxygen atoms in total. The third kappa shape index (κ3) is 4.10. The van der Waals surface area contributed by atoms with Gasteiger partial charge in [-0.2, -0.15) is 0 Å². The first-order valence-corrected chi connectivity index (χ1v) is 6.16. The topological polar surface area (TPSA) is 55.6 Å². The van der Waals surface area contributed by atoms with Crippen molar-refractivity contribution in [2.75, 3.05) is 19.7 Å². The molecule has 2 N–H and O–H groups in total. The van der Waals surface area contributed by atoms with Crippen molar-refractivity contribution in [2.45, 2.75) is 45.8 Å². The highest BCUT2D eigenvalue weighted by Crippen LogP contribution is 2.15. The van der Waals surface area contributed by atoms with Gasteiger partial charge in [-0.05, 0) is 25.7 Å². The van der Waals surface area contributed by atoms with Gasteiger partial charge < -0.3 is 15.4 Å². The summed E-state index contributed by atoms with van der Waals surface area (Å²) in [5.74, 6) is 0.631. The number of carbonyl (C=O) groups excluding carboxylic acids is 1. The Balaban J connectivity index is 2.26. The van der Waals surface area contributed by atoms with Gasteiger partial charge in [0.1, 0.15) is 0 Å². The smallest absolute Gasteiger partial charge is 0.239 e. The van der Waals surface area contributed by atoms with Crippen LogP contribution in [0.25, 0.3) is 0 Å². The lowest BCUT2D eigenvalue weighted by Gasteiger charge is -2.33. The second kappa shape index (κ2) is 6.21. The Hall–Kier alpha value is -0.610. The van der Waals surface area contributed by atoms with Crippen LogP contribution in [0.3, 0.4) is 0 Å². The van der Waals surface area contributed by atoms with E-state index in [1.807, 2.05) is 4.90 Å². The Morgan fingerprint density at radius 2 is 1.94 bits per heavy atom. The summed E-state index contributed by atoms with van der Waals surface area (Å²) in [6, 6.07) is -0.381. The fraction of sp³-hybridized carbons (Fsp3) is 0.917. The van der Waals surface area contributed by atoms with E-state index in [4.69, 9.17) is 10.5 Å². The lowest BCUT2D eigenvalue weighted by atomic mass is 10.1. The van der Waals surface area contributed by atoms with Crippen molar-refractivity contribution in [3.8, 4) is 0 Å². The number of hydrogen-bond donors (Lipinski definition) is 1. The SMILES string of the molecule is CC(C)COC1CCN(C(=O)[C@H](C)N)CC1. The van der Waals surface area contributed by atoms with Crippen molar-refractivity contribution in [3.63, 3.8) is 0 Å². The molecule has 16 heavy (non-hydrogen) atoms. The van der Waals surface area contributed by atoms with Gasteiger partial charge in [0.05, 0.1) is 12.1 Å². The maximum Gasteiger partial charge on any atom is 0.239 e. The van der Waals surface area contributed by atoms with Crippen molar-refractivity contribution in [2.24, 2.45) is 11.7 Å². The molecule has 0 bridgehead atoms. The summed E-state index contributed by atoms with van der Waals surface area (Å²) in [7, 11) is 0. The molecule has 0 aromatic heterocycles. The van der Waals surface area contributed by atoms with Crippen LogP contribution >= 0.6 is 0 Å². The molecule has 0 unspecified atom stereocenters. The first-order chi connectivity index (χ1) is 7.50. The highest BCUT2D eigenvalue weighted by Gasteiger charge is 2.24. The Morgan fingerprint density at radius 3 is 2.38 bits per heavy atom. The van der Waals surface area contributed by atoms with E-state index in [2.05, 4.69) is 13.8 Å². The Labute approximate surface area is 98.1 Å². The Morgan fingerprint density at radius 1 is 1.38 bits per heavy atom. The minimum atomic E-state index is -0.381. The van der Waals surface area contributed by atoms with E-state index in [0.29, 0.717) is 12.0 Å². The van der Waals surface area contributed by atoms with E-state index in [1.165, 1.54) is 0 Å². The molecule has 1 aliphatic rings. The number of nitrogens with zero attached hydrogens (tertiary/aromatic N) is 1. The number of rotatable bonds is 4. The summed E-state index contributed by atoms with van der Waals surface area (Å²) in [5, 5.41) is 0. The minimum absolute atomic E-state index is 0.0577. The van der Waals surface area contributed by atoms with Gasteiger partial charge >= 0.3 is 0 Å². The number of ether oxygens (including phenoxy) is 1. The quantitative estimate of drug-likeness (QED) is 0.781. The van der Waals surface area contributed by atoms with Gasteiger partial charge in [-0.3, -0.25) is 4.79 Å². The van der Waals surface area contributed by atoms with Crippen LogP contribution in [0.2, 0.25) is 0 Å². The van der Waals surface area contributed by atoms with Crippen molar-refractivity contribution in [3.05, 3.63) is 0 Å². The van der Waals surface area contributed by atoms with Gasteiger partial charge in [-0.15, -0.1) is 0 Å². The number of piperidine rings is 1. The molecule has 1 fully saturated rings. The second-order valence-corrected chi connectivity index (χ2v) is 5.04. The van der Waals surface area contributed by atoms with Gasteiger partial charge in [0.15, 0.2) is 0 Å². The standard InChI is InChI=1S/C12H24N2O2/c1-9(2)8-16-11-4-6-14(7-5-11)12(15)10(3)13/h9-11H,4-8,13H2,1-3H3/t10-/m0/s1. The molecular weight excluding hydrogens is 204 g/mol. The van der Waals surface area contributed by atoms with Crippen LogP contribution in [-0.4, -0.2) is 42.6 Å². The summed E-state index contributed by atoms with van der Waals surface area (Å²) < 4.78 is 5.76. The number of hydrogen-bond acceptors (Lipinski definition) is 3. The first kappa shape index (κ1) is 13.5. The largest absolute Gasteiger partial charge is 0.378 e. The fourth-order valence-electron chi connectivity index (χ4n) is 1.86. The van der Waals surface area contributed by atoms with Gasteiger partial charge in [-0.25, -0.2) is 0 Å². The van der Waals surface area contributed by atoms with Gasteiger partial charge in [0.2, 0.25) is 5.91 Å². The van der Waals surface area contributed by atoms with Crippen LogP contribution in [0, 0.1) is 5.92 Å². The van der Waals surface area contributed by atoms with Crippen LogP contribution in [-0.2, 0) is 9.53 Å². The Kier molecular flexibility index (Phi) is 5.22. The summed E-state index contributed by atoms with van der Waals surface area (Å²) >= 11 is 0. The van der Waals surface area contributed by atoms with E-state index in [-0.39, 0.29) is 11.9 Å². The van der Waals surface area contributed by atoms with Gasteiger partial charge in [0, 0.05) is 19.7 Å².